The average Bonchev–Trinajstić information content (AvgIpc) is 2.98. The van der Waals surface area contributed by atoms with Gasteiger partial charge >= 0.3 is 0 Å². The molecule has 0 aliphatic heterocycles. The number of Topliss-reactive ketones (excluding diaryl/α,β-unsaturated/α-hetero) is 1. The standard InChI is InChI=1S/C17H20BrNOS/c1-13(12-16-4-3-11-21-16)19(2)10-9-17(20)14-5-7-15(18)8-6-14/h3-8,11,13H,9-10,12H2,1-2H3. The maximum absolute atomic E-state index is 12.2. The van der Waals surface area contributed by atoms with Gasteiger partial charge < -0.3 is 4.90 Å². The van der Waals surface area contributed by atoms with E-state index >= 15 is 0 Å². The molecule has 2 rings (SSSR count). The fourth-order valence-electron chi connectivity index (χ4n) is 2.15. The van der Waals surface area contributed by atoms with Crippen molar-refractivity contribution in [2.75, 3.05) is 13.6 Å². The summed E-state index contributed by atoms with van der Waals surface area (Å²) in [5.41, 5.74) is 0.789. The van der Waals surface area contributed by atoms with Gasteiger partial charge in [0.15, 0.2) is 5.78 Å². The van der Waals surface area contributed by atoms with Crippen molar-refractivity contribution in [1.82, 2.24) is 4.90 Å². The molecule has 0 radical (unpaired) electrons. The molecule has 1 aromatic carbocycles. The smallest absolute Gasteiger partial charge is 0.164 e. The Balaban J connectivity index is 1.81. The lowest BCUT2D eigenvalue weighted by Crippen LogP contribution is -2.32. The van der Waals surface area contributed by atoms with Gasteiger partial charge in [0.05, 0.1) is 0 Å². The van der Waals surface area contributed by atoms with Crippen LogP contribution >= 0.6 is 27.3 Å². The number of nitrogens with zero attached hydrogens (tertiary/aromatic N) is 1. The van der Waals surface area contributed by atoms with Crippen LogP contribution in [0.4, 0.5) is 0 Å². The minimum Gasteiger partial charge on any atom is -0.303 e. The molecular formula is C17H20BrNOS. The highest BCUT2D eigenvalue weighted by molar-refractivity contribution is 9.10. The normalized spacial score (nSPS) is 12.6. The molecule has 0 amide bonds. The summed E-state index contributed by atoms with van der Waals surface area (Å²) in [5.74, 6) is 0.206. The van der Waals surface area contributed by atoms with Crippen LogP contribution in [0.2, 0.25) is 0 Å². The van der Waals surface area contributed by atoms with Gasteiger partial charge in [-0.15, -0.1) is 11.3 Å². The number of ketones is 1. The van der Waals surface area contributed by atoms with Gasteiger partial charge in [0.2, 0.25) is 0 Å². The molecule has 2 nitrogen and oxygen atoms in total. The van der Waals surface area contributed by atoms with Crippen LogP contribution in [0.5, 0.6) is 0 Å². The maximum atomic E-state index is 12.2. The van der Waals surface area contributed by atoms with Crippen LogP contribution in [0.3, 0.4) is 0 Å². The topological polar surface area (TPSA) is 20.3 Å². The van der Waals surface area contributed by atoms with Crippen molar-refractivity contribution in [3.63, 3.8) is 0 Å². The molecule has 1 unspecified atom stereocenters. The molecule has 1 heterocycles. The Hall–Kier alpha value is -0.970. The van der Waals surface area contributed by atoms with Gasteiger partial charge in [-0.05, 0) is 44.0 Å². The van der Waals surface area contributed by atoms with E-state index in [1.54, 1.807) is 11.3 Å². The monoisotopic (exact) mass is 365 g/mol. The highest BCUT2D eigenvalue weighted by atomic mass is 79.9. The Morgan fingerprint density at radius 3 is 2.62 bits per heavy atom. The fraction of sp³-hybridized carbons (Fsp3) is 0.353. The number of hydrogen-bond donors (Lipinski definition) is 0. The van der Waals surface area contributed by atoms with Gasteiger partial charge in [-0.1, -0.05) is 34.1 Å². The van der Waals surface area contributed by atoms with Crippen LogP contribution in [0.1, 0.15) is 28.6 Å². The van der Waals surface area contributed by atoms with Crippen molar-refractivity contribution in [3.05, 3.63) is 56.7 Å². The molecule has 0 aliphatic carbocycles. The van der Waals surface area contributed by atoms with E-state index in [0.717, 1.165) is 23.0 Å². The first-order valence-electron chi connectivity index (χ1n) is 7.07. The van der Waals surface area contributed by atoms with E-state index in [0.29, 0.717) is 12.5 Å². The van der Waals surface area contributed by atoms with Crippen LogP contribution < -0.4 is 0 Å². The lowest BCUT2D eigenvalue weighted by atomic mass is 10.1. The predicted molar refractivity (Wildman–Crippen MR) is 93.2 cm³/mol. The van der Waals surface area contributed by atoms with Gasteiger partial charge in [-0.3, -0.25) is 4.79 Å². The number of thiophene rings is 1. The minimum absolute atomic E-state index is 0.206. The zero-order valence-corrected chi connectivity index (χ0v) is 14.8. The number of carbonyl (C=O) groups is 1. The number of hydrogen-bond acceptors (Lipinski definition) is 3. The molecule has 0 N–H and O–H groups in total. The third kappa shape index (κ3) is 5.06. The summed E-state index contributed by atoms with van der Waals surface area (Å²) in [7, 11) is 2.09. The molecule has 2 aromatic rings. The quantitative estimate of drug-likeness (QED) is 0.665. The molecule has 1 aromatic heterocycles. The Morgan fingerprint density at radius 2 is 2.00 bits per heavy atom. The molecule has 0 fully saturated rings. The lowest BCUT2D eigenvalue weighted by Gasteiger charge is -2.24. The second kappa shape index (κ2) is 7.87. The summed E-state index contributed by atoms with van der Waals surface area (Å²) in [5, 5.41) is 2.11. The van der Waals surface area contributed by atoms with Crippen molar-refractivity contribution in [1.29, 1.82) is 0 Å². The zero-order valence-electron chi connectivity index (χ0n) is 12.4. The Labute approximate surface area is 138 Å². The molecule has 0 saturated heterocycles. The first-order chi connectivity index (χ1) is 10.1. The summed E-state index contributed by atoms with van der Waals surface area (Å²) < 4.78 is 1.00. The largest absolute Gasteiger partial charge is 0.303 e. The summed E-state index contributed by atoms with van der Waals surface area (Å²) in [4.78, 5) is 15.8. The van der Waals surface area contributed by atoms with E-state index in [1.807, 2.05) is 24.3 Å². The van der Waals surface area contributed by atoms with Crippen molar-refractivity contribution in [2.45, 2.75) is 25.8 Å². The fourth-order valence-corrected chi connectivity index (χ4v) is 3.24. The first kappa shape index (κ1) is 16.4. The number of halogens is 1. The van der Waals surface area contributed by atoms with Gasteiger partial charge in [0.25, 0.3) is 0 Å². The van der Waals surface area contributed by atoms with Crippen LogP contribution in [-0.2, 0) is 6.42 Å². The summed E-state index contributed by atoms with van der Waals surface area (Å²) in [6, 6.07) is 12.3. The second-order valence-corrected chi connectivity index (χ2v) is 7.24. The van der Waals surface area contributed by atoms with Gasteiger partial charge in [0.1, 0.15) is 0 Å². The van der Waals surface area contributed by atoms with Crippen LogP contribution in [0.15, 0.2) is 46.3 Å². The second-order valence-electron chi connectivity index (χ2n) is 5.29. The zero-order chi connectivity index (χ0) is 15.2. The summed E-state index contributed by atoms with van der Waals surface area (Å²) >= 11 is 5.18. The Kier molecular flexibility index (Phi) is 6.15. The van der Waals surface area contributed by atoms with E-state index < -0.39 is 0 Å². The van der Waals surface area contributed by atoms with Gasteiger partial charge in [-0.2, -0.15) is 0 Å². The molecular weight excluding hydrogens is 346 g/mol. The van der Waals surface area contributed by atoms with Gasteiger partial charge in [0, 0.05) is 33.9 Å². The molecule has 1 atom stereocenters. The highest BCUT2D eigenvalue weighted by Crippen LogP contribution is 2.15. The molecule has 21 heavy (non-hydrogen) atoms. The molecule has 4 heteroatoms. The van der Waals surface area contributed by atoms with Crippen molar-refractivity contribution in [3.8, 4) is 0 Å². The van der Waals surface area contributed by atoms with Crippen molar-refractivity contribution < 1.29 is 4.79 Å². The number of likely N-dealkylation sites (N-methyl/N-ethyl adjacent to an activating group) is 1. The Morgan fingerprint density at radius 1 is 1.29 bits per heavy atom. The maximum Gasteiger partial charge on any atom is 0.164 e. The van der Waals surface area contributed by atoms with E-state index in [-0.39, 0.29) is 5.78 Å². The van der Waals surface area contributed by atoms with Crippen LogP contribution in [0, 0.1) is 0 Å². The van der Waals surface area contributed by atoms with E-state index in [4.69, 9.17) is 0 Å². The van der Waals surface area contributed by atoms with Gasteiger partial charge in [-0.25, -0.2) is 0 Å². The van der Waals surface area contributed by atoms with E-state index in [2.05, 4.69) is 52.3 Å². The SMILES string of the molecule is CC(Cc1cccs1)N(C)CCC(=O)c1ccc(Br)cc1. The Bertz CT molecular complexity index is 565. The predicted octanol–water partition coefficient (Wildman–Crippen LogP) is 4.65. The molecule has 0 bridgehead atoms. The number of carbonyl (C=O) groups excluding carboxylic acids is 1. The van der Waals surface area contributed by atoms with Crippen LogP contribution in [-0.4, -0.2) is 30.3 Å². The van der Waals surface area contributed by atoms with Crippen molar-refractivity contribution >= 4 is 33.0 Å². The lowest BCUT2D eigenvalue weighted by molar-refractivity contribution is 0.0962. The number of benzene rings is 1. The first-order valence-corrected chi connectivity index (χ1v) is 8.75. The third-order valence-corrected chi connectivity index (χ3v) is 5.11. The third-order valence-electron chi connectivity index (χ3n) is 3.69. The van der Waals surface area contributed by atoms with E-state index in [9.17, 15) is 4.79 Å². The molecule has 0 aliphatic rings. The minimum atomic E-state index is 0.206. The molecule has 0 saturated carbocycles. The van der Waals surface area contributed by atoms with Crippen molar-refractivity contribution in [2.24, 2.45) is 0 Å². The average molecular weight is 366 g/mol. The van der Waals surface area contributed by atoms with E-state index in [1.165, 1.54) is 4.88 Å². The number of rotatable bonds is 7. The highest BCUT2D eigenvalue weighted by Gasteiger charge is 2.13. The molecule has 112 valence electrons. The van der Waals surface area contributed by atoms with Crippen LogP contribution in [0.25, 0.3) is 0 Å². The summed E-state index contributed by atoms with van der Waals surface area (Å²) in [6.07, 6.45) is 1.60. The summed E-state index contributed by atoms with van der Waals surface area (Å²) in [6.45, 7) is 3.01. The molecule has 0 spiro atoms.